The fraction of sp³-hybridized carbons (Fsp3) is 0.440. The van der Waals surface area contributed by atoms with Crippen molar-refractivity contribution in [3.63, 3.8) is 0 Å². The molecule has 6 heteroatoms. The van der Waals surface area contributed by atoms with Crippen molar-refractivity contribution >= 4 is 11.8 Å². The highest BCUT2D eigenvalue weighted by atomic mass is 16.5. The molecule has 0 saturated carbocycles. The summed E-state index contributed by atoms with van der Waals surface area (Å²) in [6.07, 6.45) is 2.69. The van der Waals surface area contributed by atoms with E-state index in [1.165, 1.54) is 0 Å². The molecule has 0 spiro atoms. The normalized spacial score (nSPS) is 19.2. The lowest BCUT2D eigenvalue weighted by molar-refractivity contribution is -0.133. The van der Waals surface area contributed by atoms with Gasteiger partial charge in [0.15, 0.2) is 11.5 Å². The van der Waals surface area contributed by atoms with E-state index in [-0.39, 0.29) is 17.9 Å². The molecule has 2 heterocycles. The van der Waals surface area contributed by atoms with Crippen LogP contribution in [0.25, 0.3) is 0 Å². The van der Waals surface area contributed by atoms with Gasteiger partial charge in [0.1, 0.15) is 0 Å². The SMILES string of the molecule is CCCCN(C)C(=O)C1c2ccccc2C(=O)N2CCc3cc(OC)c(OC)cc3C12. The number of nitrogens with zero attached hydrogens (tertiary/aromatic N) is 2. The van der Waals surface area contributed by atoms with Crippen molar-refractivity contribution in [2.75, 3.05) is 34.4 Å². The first kappa shape index (κ1) is 21.2. The summed E-state index contributed by atoms with van der Waals surface area (Å²) in [5.41, 5.74) is 3.50. The van der Waals surface area contributed by atoms with Gasteiger partial charge in [0.25, 0.3) is 5.91 Å². The number of carbonyl (C=O) groups is 2. The Labute approximate surface area is 183 Å². The van der Waals surface area contributed by atoms with Gasteiger partial charge in [0.2, 0.25) is 5.91 Å². The molecule has 0 radical (unpaired) electrons. The van der Waals surface area contributed by atoms with E-state index < -0.39 is 5.92 Å². The van der Waals surface area contributed by atoms with Crippen LogP contribution in [0.15, 0.2) is 36.4 Å². The first-order chi connectivity index (χ1) is 15.0. The Bertz CT molecular complexity index is 1000. The van der Waals surface area contributed by atoms with Crippen LogP contribution in [-0.4, -0.2) is 56.0 Å². The first-order valence-electron chi connectivity index (χ1n) is 10.9. The molecule has 0 aliphatic carbocycles. The van der Waals surface area contributed by atoms with Crippen LogP contribution < -0.4 is 9.47 Å². The number of hydrogen-bond acceptors (Lipinski definition) is 4. The monoisotopic (exact) mass is 422 g/mol. The second kappa shape index (κ2) is 8.61. The summed E-state index contributed by atoms with van der Waals surface area (Å²) in [4.78, 5) is 30.8. The van der Waals surface area contributed by atoms with E-state index in [1.807, 2.05) is 53.2 Å². The van der Waals surface area contributed by atoms with E-state index in [4.69, 9.17) is 9.47 Å². The number of unbranched alkanes of at least 4 members (excludes halogenated alkanes) is 1. The van der Waals surface area contributed by atoms with Gasteiger partial charge in [-0.25, -0.2) is 0 Å². The summed E-state index contributed by atoms with van der Waals surface area (Å²) in [5.74, 6) is 0.861. The molecule has 2 aliphatic heterocycles. The van der Waals surface area contributed by atoms with Crippen LogP contribution in [-0.2, 0) is 11.2 Å². The van der Waals surface area contributed by atoms with Crippen molar-refractivity contribution in [3.8, 4) is 11.5 Å². The highest BCUT2D eigenvalue weighted by Gasteiger charge is 2.47. The van der Waals surface area contributed by atoms with E-state index in [9.17, 15) is 9.59 Å². The zero-order valence-electron chi connectivity index (χ0n) is 18.7. The standard InChI is InChI=1S/C25H30N2O4/c1-5-6-12-26(2)25(29)22-17-9-7-8-10-18(17)24(28)27-13-11-16-14-20(30-3)21(31-4)15-19(16)23(22)27/h7-10,14-15,22-23H,5-6,11-13H2,1-4H3. The fourth-order valence-corrected chi connectivity index (χ4v) is 4.86. The molecule has 2 unspecified atom stereocenters. The highest BCUT2D eigenvalue weighted by Crippen LogP contribution is 2.48. The number of ether oxygens (including phenoxy) is 2. The molecule has 2 aliphatic rings. The molecule has 2 aromatic carbocycles. The fourth-order valence-electron chi connectivity index (χ4n) is 4.86. The Balaban J connectivity index is 1.87. The molecule has 0 aromatic heterocycles. The van der Waals surface area contributed by atoms with Crippen LogP contribution in [0.3, 0.4) is 0 Å². The minimum atomic E-state index is -0.451. The largest absolute Gasteiger partial charge is 0.493 e. The molecular formula is C25H30N2O4. The van der Waals surface area contributed by atoms with Crippen molar-refractivity contribution in [2.45, 2.75) is 38.1 Å². The highest BCUT2D eigenvalue weighted by molar-refractivity contribution is 6.01. The van der Waals surface area contributed by atoms with Crippen LogP contribution in [0.5, 0.6) is 11.5 Å². The molecule has 2 aromatic rings. The Hall–Kier alpha value is -3.02. The maximum absolute atomic E-state index is 13.7. The van der Waals surface area contributed by atoms with Crippen LogP contribution in [0.1, 0.15) is 58.8 Å². The average molecular weight is 423 g/mol. The molecule has 0 saturated heterocycles. The van der Waals surface area contributed by atoms with Crippen molar-refractivity contribution in [1.82, 2.24) is 9.80 Å². The van der Waals surface area contributed by atoms with Gasteiger partial charge in [-0.05, 0) is 47.7 Å². The number of carbonyl (C=O) groups excluding carboxylic acids is 2. The number of methoxy groups -OCH3 is 2. The molecule has 0 N–H and O–H groups in total. The van der Waals surface area contributed by atoms with Crippen LogP contribution >= 0.6 is 0 Å². The van der Waals surface area contributed by atoms with E-state index in [0.29, 0.717) is 36.6 Å². The molecule has 6 nitrogen and oxygen atoms in total. The predicted molar refractivity (Wildman–Crippen MR) is 119 cm³/mol. The van der Waals surface area contributed by atoms with Crippen LogP contribution in [0.4, 0.5) is 0 Å². The second-order valence-electron chi connectivity index (χ2n) is 8.28. The van der Waals surface area contributed by atoms with Gasteiger partial charge >= 0.3 is 0 Å². The minimum absolute atomic E-state index is 0.0127. The lowest BCUT2D eigenvalue weighted by atomic mass is 9.75. The second-order valence-corrected chi connectivity index (χ2v) is 8.28. The number of hydrogen-bond donors (Lipinski definition) is 0. The molecule has 0 bridgehead atoms. The van der Waals surface area contributed by atoms with Gasteiger partial charge in [0.05, 0.1) is 26.2 Å². The number of likely N-dealkylation sites (N-methyl/N-ethyl adjacent to an activating group) is 1. The average Bonchev–Trinajstić information content (AvgIpc) is 2.81. The number of fused-ring (bicyclic) bond motifs is 4. The third kappa shape index (κ3) is 3.54. The zero-order chi connectivity index (χ0) is 22.1. The van der Waals surface area contributed by atoms with Gasteiger partial charge in [-0.2, -0.15) is 0 Å². The van der Waals surface area contributed by atoms with Gasteiger partial charge in [-0.15, -0.1) is 0 Å². The zero-order valence-corrected chi connectivity index (χ0v) is 18.7. The maximum Gasteiger partial charge on any atom is 0.254 e. The summed E-state index contributed by atoms with van der Waals surface area (Å²) in [7, 11) is 5.09. The van der Waals surface area contributed by atoms with Crippen LogP contribution in [0.2, 0.25) is 0 Å². The summed E-state index contributed by atoms with van der Waals surface area (Å²) >= 11 is 0. The summed E-state index contributed by atoms with van der Waals surface area (Å²) < 4.78 is 11.0. The lowest BCUT2D eigenvalue weighted by Crippen LogP contribution is -2.50. The van der Waals surface area contributed by atoms with E-state index in [2.05, 4.69) is 6.92 Å². The van der Waals surface area contributed by atoms with Crippen molar-refractivity contribution < 1.29 is 19.1 Å². The molecule has 2 amide bonds. The summed E-state index contributed by atoms with van der Waals surface area (Å²) in [6.45, 7) is 3.39. The Morgan fingerprint density at radius 3 is 2.55 bits per heavy atom. The lowest BCUT2D eigenvalue weighted by Gasteiger charge is -2.46. The third-order valence-electron chi connectivity index (χ3n) is 6.51. The van der Waals surface area contributed by atoms with Crippen molar-refractivity contribution in [2.24, 2.45) is 0 Å². The van der Waals surface area contributed by atoms with E-state index >= 15 is 0 Å². The quantitative estimate of drug-likeness (QED) is 0.711. The summed E-state index contributed by atoms with van der Waals surface area (Å²) in [5, 5.41) is 0. The van der Waals surface area contributed by atoms with E-state index in [0.717, 1.165) is 29.5 Å². The molecular weight excluding hydrogens is 392 g/mol. The molecule has 4 rings (SSSR count). The van der Waals surface area contributed by atoms with Crippen LogP contribution in [0, 0.1) is 0 Å². The van der Waals surface area contributed by atoms with Gasteiger partial charge in [0, 0.05) is 25.7 Å². The molecule has 2 atom stereocenters. The van der Waals surface area contributed by atoms with E-state index in [1.54, 1.807) is 14.2 Å². The molecule has 31 heavy (non-hydrogen) atoms. The smallest absolute Gasteiger partial charge is 0.254 e. The Kier molecular flexibility index (Phi) is 5.90. The van der Waals surface area contributed by atoms with Gasteiger partial charge < -0.3 is 19.3 Å². The van der Waals surface area contributed by atoms with Gasteiger partial charge in [-0.1, -0.05) is 31.5 Å². The number of benzene rings is 2. The van der Waals surface area contributed by atoms with Crippen molar-refractivity contribution in [1.29, 1.82) is 0 Å². The first-order valence-corrected chi connectivity index (χ1v) is 10.9. The topological polar surface area (TPSA) is 59.1 Å². The third-order valence-corrected chi connectivity index (χ3v) is 6.51. The molecule has 164 valence electrons. The predicted octanol–water partition coefficient (Wildman–Crippen LogP) is 3.80. The maximum atomic E-state index is 13.7. The summed E-state index contributed by atoms with van der Waals surface area (Å²) in [6, 6.07) is 11.1. The molecule has 0 fully saturated rings. The number of amides is 2. The Morgan fingerprint density at radius 2 is 1.84 bits per heavy atom. The van der Waals surface area contributed by atoms with Gasteiger partial charge in [-0.3, -0.25) is 9.59 Å². The van der Waals surface area contributed by atoms with Crippen molar-refractivity contribution in [3.05, 3.63) is 58.7 Å². The minimum Gasteiger partial charge on any atom is -0.493 e. The Morgan fingerprint density at radius 1 is 1.13 bits per heavy atom. The number of rotatable bonds is 6.